The van der Waals surface area contributed by atoms with Crippen molar-refractivity contribution in [3.05, 3.63) is 54.6 Å². The first kappa shape index (κ1) is 16.6. The topological polar surface area (TPSA) is 75.6 Å². The van der Waals surface area contributed by atoms with Crippen LogP contribution in [0.5, 0.6) is 11.5 Å². The molecule has 0 aliphatic heterocycles. The predicted molar refractivity (Wildman–Crippen MR) is 97.0 cm³/mol. The zero-order chi connectivity index (χ0) is 18.1. The Bertz CT molecular complexity index is 803. The zero-order valence-corrected chi connectivity index (χ0v) is 14.3. The summed E-state index contributed by atoms with van der Waals surface area (Å²) in [5.74, 6) is -0.226. The Kier molecular flexibility index (Phi) is 4.37. The van der Waals surface area contributed by atoms with Gasteiger partial charge in [-0.3, -0.25) is 9.59 Å². The van der Waals surface area contributed by atoms with Gasteiger partial charge in [-0.25, -0.2) is 0 Å². The van der Waals surface area contributed by atoms with Crippen molar-refractivity contribution in [2.45, 2.75) is 19.3 Å². The highest BCUT2D eigenvalue weighted by Crippen LogP contribution is 2.52. The van der Waals surface area contributed by atoms with Gasteiger partial charge in [-0.1, -0.05) is 18.2 Å². The average molecular weight is 351 g/mol. The van der Waals surface area contributed by atoms with E-state index < -0.39 is 17.8 Å². The third-order valence-corrected chi connectivity index (χ3v) is 5.61. The molecule has 2 bridgehead atoms. The Labute approximate surface area is 152 Å². The molecule has 0 unspecified atom stereocenters. The Morgan fingerprint density at radius 3 is 2.15 bits per heavy atom. The summed E-state index contributed by atoms with van der Waals surface area (Å²) >= 11 is 0. The molecule has 2 N–H and O–H groups in total. The van der Waals surface area contributed by atoms with Crippen molar-refractivity contribution in [3.8, 4) is 11.5 Å². The Balaban J connectivity index is 1.42. The van der Waals surface area contributed by atoms with Crippen molar-refractivity contribution in [2.24, 2.45) is 23.7 Å². The van der Waals surface area contributed by atoms with E-state index >= 15 is 0 Å². The second kappa shape index (κ2) is 6.83. The minimum absolute atomic E-state index is 0.148. The summed E-state index contributed by atoms with van der Waals surface area (Å²) in [7, 11) is 0. The largest absolute Gasteiger partial charge is 0.481 e. The highest BCUT2D eigenvalue weighted by Gasteiger charge is 2.53. The number of amides is 1. The first-order valence-corrected chi connectivity index (χ1v) is 8.98. The summed E-state index contributed by atoms with van der Waals surface area (Å²) in [5, 5.41) is 12.4. The minimum atomic E-state index is -0.844. The van der Waals surface area contributed by atoms with Crippen molar-refractivity contribution in [2.75, 3.05) is 5.32 Å². The van der Waals surface area contributed by atoms with Gasteiger partial charge in [0.05, 0.1) is 11.8 Å². The fourth-order valence-corrected chi connectivity index (χ4v) is 4.48. The molecule has 4 atom stereocenters. The molecule has 5 nitrogen and oxygen atoms in total. The average Bonchev–Trinajstić information content (AvgIpc) is 3.25. The summed E-state index contributed by atoms with van der Waals surface area (Å²) in [6.45, 7) is 0. The standard InChI is InChI=1S/C21H21NO4/c23-20(18-13-6-7-14(12-13)19(18)21(24)25)22-15-8-10-17(11-9-15)26-16-4-2-1-3-5-16/h1-5,8-11,13-14,18-19H,6-7,12H2,(H,22,23)(H,24,25)/t13-,14-,18+,19-/m0/s1. The van der Waals surface area contributed by atoms with E-state index in [0.717, 1.165) is 25.0 Å². The van der Waals surface area contributed by atoms with Crippen LogP contribution in [-0.4, -0.2) is 17.0 Å². The quantitative estimate of drug-likeness (QED) is 0.848. The van der Waals surface area contributed by atoms with Crippen LogP contribution in [0.25, 0.3) is 0 Å². The van der Waals surface area contributed by atoms with E-state index in [2.05, 4.69) is 5.32 Å². The molecule has 2 saturated carbocycles. The van der Waals surface area contributed by atoms with E-state index in [9.17, 15) is 14.7 Å². The zero-order valence-electron chi connectivity index (χ0n) is 14.3. The number of benzene rings is 2. The first-order chi connectivity index (χ1) is 12.6. The number of nitrogens with one attached hydrogen (secondary N) is 1. The van der Waals surface area contributed by atoms with Gasteiger partial charge in [-0.2, -0.15) is 0 Å². The molecule has 4 rings (SSSR count). The number of carbonyl (C=O) groups excluding carboxylic acids is 1. The molecule has 1 amide bonds. The minimum Gasteiger partial charge on any atom is -0.481 e. The summed E-state index contributed by atoms with van der Waals surface area (Å²) in [5.41, 5.74) is 0.655. The number of rotatable bonds is 5. The van der Waals surface area contributed by atoms with Crippen molar-refractivity contribution in [3.63, 3.8) is 0 Å². The van der Waals surface area contributed by atoms with E-state index in [0.29, 0.717) is 11.4 Å². The van der Waals surface area contributed by atoms with Gasteiger partial charge in [0.15, 0.2) is 0 Å². The van der Waals surface area contributed by atoms with Crippen LogP contribution in [0.4, 0.5) is 5.69 Å². The number of para-hydroxylation sites is 1. The molecule has 0 spiro atoms. The van der Waals surface area contributed by atoms with E-state index in [4.69, 9.17) is 4.74 Å². The van der Waals surface area contributed by atoms with Crippen LogP contribution in [0.2, 0.25) is 0 Å². The molecule has 2 fully saturated rings. The van der Waals surface area contributed by atoms with Crippen molar-refractivity contribution < 1.29 is 19.4 Å². The number of ether oxygens (including phenoxy) is 1. The van der Waals surface area contributed by atoms with Gasteiger partial charge in [-0.05, 0) is 67.5 Å². The van der Waals surface area contributed by atoms with E-state index in [1.165, 1.54) is 0 Å². The maximum Gasteiger partial charge on any atom is 0.307 e. The van der Waals surface area contributed by atoms with Gasteiger partial charge >= 0.3 is 5.97 Å². The predicted octanol–water partition coefficient (Wildman–Crippen LogP) is 4.16. The van der Waals surface area contributed by atoms with Gasteiger partial charge in [-0.15, -0.1) is 0 Å². The lowest BCUT2D eigenvalue weighted by molar-refractivity contribution is -0.148. The summed E-state index contributed by atoms with van der Waals surface area (Å²) < 4.78 is 5.74. The first-order valence-electron chi connectivity index (χ1n) is 8.98. The molecule has 134 valence electrons. The molecular formula is C21H21NO4. The molecule has 0 heterocycles. The van der Waals surface area contributed by atoms with Gasteiger partial charge < -0.3 is 15.2 Å². The highest BCUT2D eigenvalue weighted by atomic mass is 16.5. The van der Waals surface area contributed by atoms with Crippen LogP contribution in [0.3, 0.4) is 0 Å². The number of fused-ring (bicyclic) bond motifs is 2. The number of aliphatic carboxylic acids is 1. The molecule has 0 radical (unpaired) electrons. The monoisotopic (exact) mass is 351 g/mol. The number of carbonyl (C=O) groups is 2. The van der Waals surface area contributed by atoms with Crippen LogP contribution >= 0.6 is 0 Å². The lowest BCUT2D eigenvalue weighted by Crippen LogP contribution is -2.37. The summed E-state index contributed by atoms with van der Waals surface area (Å²) in [6, 6.07) is 16.6. The normalized spacial score (nSPS) is 26.5. The molecule has 2 aromatic rings. The molecule has 2 aliphatic rings. The fourth-order valence-electron chi connectivity index (χ4n) is 4.48. The Morgan fingerprint density at radius 1 is 0.885 bits per heavy atom. The van der Waals surface area contributed by atoms with E-state index in [-0.39, 0.29) is 17.7 Å². The summed E-state index contributed by atoms with van der Waals surface area (Å²) in [6.07, 6.45) is 2.74. The second-order valence-corrected chi connectivity index (χ2v) is 7.15. The maximum atomic E-state index is 12.7. The van der Waals surface area contributed by atoms with Gasteiger partial charge in [0.2, 0.25) is 5.91 Å². The van der Waals surface area contributed by atoms with Crippen LogP contribution in [0.1, 0.15) is 19.3 Å². The van der Waals surface area contributed by atoms with Crippen molar-refractivity contribution in [1.82, 2.24) is 0 Å². The summed E-state index contributed by atoms with van der Waals surface area (Å²) in [4.78, 5) is 24.3. The van der Waals surface area contributed by atoms with Crippen molar-refractivity contribution in [1.29, 1.82) is 0 Å². The maximum absolute atomic E-state index is 12.7. The fraction of sp³-hybridized carbons (Fsp3) is 0.333. The van der Waals surface area contributed by atoms with Crippen LogP contribution < -0.4 is 10.1 Å². The SMILES string of the molecule is O=C(Nc1ccc(Oc2ccccc2)cc1)[C@@H]1[C@H]2CC[C@@H](C2)[C@@H]1C(=O)O. The third kappa shape index (κ3) is 3.17. The number of hydrogen-bond acceptors (Lipinski definition) is 3. The third-order valence-electron chi connectivity index (χ3n) is 5.61. The van der Waals surface area contributed by atoms with Crippen LogP contribution in [0, 0.1) is 23.7 Å². The molecule has 5 heteroatoms. The van der Waals surface area contributed by atoms with E-state index in [1.807, 2.05) is 30.3 Å². The molecule has 2 aromatic carbocycles. The van der Waals surface area contributed by atoms with Crippen molar-refractivity contribution >= 4 is 17.6 Å². The smallest absolute Gasteiger partial charge is 0.307 e. The van der Waals surface area contributed by atoms with Crippen LogP contribution in [-0.2, 0) is 9.59 Å². The second-order valence-electron chi connectivity index (χ2n) is 7.15. The van der Waals surface area contributed by atoms with Crippen LogP contribution in [0.15, 0.2) is 54.6 Å². The number of hydrogen-bond donors (Lipinski definition) is 2. The molecule has 0 aromatic heterocycles. The molecule has 26 heavy (non-hydrogen) atoms. The Morgan fingerprint density at radius 2 is 1.50 bits per heavy atom. The molecule has 0 saturated heterocycles. The number of carboxylic acid groups (broad SMARTS) is 1. The lowest BCUT2D eigenvalue weighted by atomic mass is 9.78. The highest BCUT2D eigenvalue weighted by molar-refractivity contribution is 5.96. The Hall–Kier alpha value is -2.82. The van der Waals surface area contributed by atoms with Gasteiger partial charge in [0.25, 0.3) is 0 Å². The van der Waals surface area contributed by atoms with E-state index in [1.54, 1.807) is 24.3 Å². The molecular weight excluding hydrogens is 330 g/mol. The lowest BCUT2D eigenvalue weighted by Gasteiger charge is -2.27. The van der Waals surface area contributed by atoms with Gasteiger partial charge in [0.1, 0.15) is 11.5 Å². The molecule has 2 aliphatic carbocycles. The number of anilines is 1. The van der Waals surface area contributed by atoms with Gasteiger partial charge in [0, 0.05) is 5.69 Å². The number of carboxylic acids is 1.